The topological polar surface area (TPSA) is 136 Å². The lowest BCUT2D eigenvalue weighted by atomic mass is 9.97. The molecule has 2 heterocycles. The van der Waals surface area contributed by atoms with Gasteiger partial charge in [0.15, 0.2) is 5.70 Å². The summed E-state index contributed by atoms with van der Waals surface area (Å²) in [7, 11) is 0. The van der Waals surface area contributed by atoms with Crippen molar-refractivity contribution in [3.05, 3.63) is 113 Å². The molecule has 0 bridgehead atoms. The standard InChI is InChI=1S/C31H25N5O5/c1-32-26(19-7-3-2-4-8-19)20-13-15-36(16-14-20)29(38)28(37)24-18-33-27-23(24)11-6-12-25(27)35-31(41)34-22-10-5-9-21(17-22)30(39)40/h2-12,17-18,33H,13-16H2,(H,39,40)(H2,34,35,41). The van der Waals surface area contributed by atoms with Crippen LogP contribution in [0.25, 0.3) is 21.4 Å². The van der Waals surface area contributed by atoms with E-state index in [2.05, 4.69) is 20.5 Å². The number of carboxylic acid groups (broad SMARTS) is 1. The molecule has 1 aromatic heterocycles. The Bertz CT molecular complexity index is 1740. The van der Waals surface area contributed by atoms with E-state index in [9.17, 15) is 19.2 Å². The van der Waals surface area contributed by atoms with E-state index in [0.29, 0.717) is 53.9 Å². The number of hydrogen-bond acceptors (Lipinski definition) is 4. The second-order valence-corrected chi connectivity index (χ2v) is 9.45. The molecule has 0 aliphatic carbocycles. The lowest BCUT2D eigenvalue weighted by molar-refractivity contribution is -0.126. The fourth-order valence-corrected chi connectivity index (χ4v) is 4.88. The first-order valence-corrected chi connectivity index (χ1v) is 12.9. The van der Waals surface area contributed by atoms with E-state index < -0.39 is 23.7 Å². The number of fused-ring (bicyclic) bond motifs is 1. The van der Waals surface area contributed by atoms with Crippen LogP contribution in [0.15, 0.2) is 84.6 Å². The van der Waals surface area contributed by atoms with Gasteiger partial charge in [-0.2, -0.15) is 0 Å². The average Bonchev–Trinajstić information content (AvgIpc) is 3.43. The smallest absolute Gasteiger partial charge is 0.335 e. The molecule has 3 aromatic carbocycles. The maximum Gasteiger partial charge on any atom is 0.335 e. The van der Waals surface area contributed by atoms with Crippen molar-refractivity contribution in [3.63, 3.8) is 0 Å². The van der Waals surface area contributed by atoms with E-state index in [4.69, 9.17) is 11.7 Å². The van der Waals surface area contributed by atoms with Crippen molar-refractivity contribution in [3.8, 4) is 0 Å². The maximum atomic E-state index is 13.3. The Morgan fingerprint density at radius 3 is 2.29 bits per heavy atom. The Morgan fingerprint density at radius 2 is 1.59 bits per heavy atom. The summed E-state index contributed by atoms with van der Waals surface area (Å²) in [6, 6.07) is 19.7. The molecule has 0 saturated carbocycles. The number of aromatic carboxylic acids is 1. The zero-order valence-electron chi connectivity index (χ0n) is 21.8. The number of urea groups is 1. The summed E-state index contributed by atoms with van der Waals surface area (Å²) in [5.74, 6) is -2.40. The minimum atomic E-state index is -1.11. The first-order valence-electron chi connectivity index (χ1n) is 12.9. The van der Waals surface area contributed by atoms with Gasteiger partial charge in [-0.1, -0.05) is 54.1 Å². The molecular formula is C31H25N5O5. The quantitative estimate of drug-likeness (QED) is 0.141. The lowest BCUT2D eigenvalue weighted by Gasteiger charge is -2.28. The van der Waals surface area contributed by atoms with Crippen LogP contribution in [0.3, 0.4) is 0 Å². The second kappa shape index (κ2) is 11.6. The van der Waals surface area contributed by atoms with Gasteiger partial charge in [-0.15, -0.1) is 0 Å². The summed E-state index contributed by atoms with van der Waals surface area (Å²) >= 11 is 0. The van der Waals surface area contributed by atoms with Gasteiger partial charge >= 0.3 is 12.0 Å². The van der Waals surface area contributed by atoms with Crippen LogP contribution in [0.5, 0.6) is 0 Å². The molecule has 1 fully saturated rings. The van der Waals surface area contributed by atoms with E-state index in [1.807, 2.05) is 30.3 Å². The van der Waals surface area contributed by atoms with Crippen LogP contribution < -0.4 is 10.6 Å². The third-order valence-electron chi connectivity index (χ3n) is 6.92. The van der Waals surface area contributed by atoms with Gasteiger partial charge in [-0.25, -0.2) is 14.4 Å². The first-order chi connectivity index (χ1) is 19.9. The van der Waals surface area contributed by atoms with Gasteiger partial charge in [0.2, 0.25) is 0 Å². The monoisotopic (exact) mass is 547 g/mol. The van der Waals surface area contributed by atoms with Gasteiger partial charge in [-0.3, -0.25) is 9.59 Å². The highest BCUT2D eigenvalue weighted by atomic mass is 16.4. The predicted molar refractivity (Wildman–Crippen MR) is 154 cm³/mol. The SMILES string of the molecule is [C-]#[N+]C(=C1CCN(C(=O)C(=O)c2c[nH]c3c(NC(=O)Nc4cccc(C(=O)O)c4)cccc23)CC1)c1ccccc1. The molecule has 0 atom stereocenters. The number of carbonyl (C=O) groups excluding carboxylic acids is 3. The Morgan fingerprint density at radius 1 is 0.878 bits per heavy atom. The van der Waals surface area contributed by atoms with Crippen molar-refractivity contribution < 1.29 is 24.3 Å². The number of aromatic amines is 1. The molecule has 5 rings (SSSR count). The van der Waals surface area contributed by atoms with Gasteiger partial charge in [0.1, 0.15) is 0 Å². The molecule has 4 aromatic rings. The van der Waals surface area contributed by atoms with Gasteiger partial charge in [-0.05, 0) is 42.7 Å². The van der Waals surface area contributed by atoms with E-state index in [0.717, 1.165) is 11.1 Å². The molecule has 0 radical (unpaired) electrons. The summed E-state index contributed by atoms with van der Waals surface area (Å²) in [6.45, 7) is 8.30. The lowest BCUT2D eigenvalue weighted by Crippen LogP contribution is -2.40. The highest BCUT2D eigenvalue weighted by molar-refractivity contribution is 6.45. The number of Topliss-reactive ketones (excluding diaryl/α,β-unsaturated/α-hetero) is 1. The minimum absolute atomic E-state index is 0.0334. The number of anilines is 2. The third-order valence-corrected chi connectivity index (χ3v) is 6.92. The number of amides is 3. The highest BCUT2D eigenvalue weighted by Gasteiger charge is 2.29. The van der Waals surface area contributed by atoms with Crippen LogP contribution >= 0.6 is 0 Å². The van der Waals surface area contributed by atoms with Gasteiger partial charge < -0.3 is 25.6 Å². The normalized spacial score (nSPS) is 12.9. The summed E-state index contributed by atoms with van der Waals surface area (Å²) in [5.41, 5.74) is 3.78. The molecule has 41 heavy (non-hydrogen) atoms. The molecule has 4 N–H and O–H groups in total. The van der Waals surface area contributed by atoms with E-state index in [1.165, 1.54) is 29.3 Å². The Hall–Kier alpha value is -5.69. The van der Waals surface area contributed by atoms with Crippen molar-refractivity contribution in [1.82, 2.24) is 9.88 Å². The predicted octanol–water partition coefficient (Wildman–Crippen LogP) is 5.65. The van der Waals surface area contributed by atoms with E-state index in [1.54, 1.807) is 24.3 Å². The molecule has 204 valence electrons. The number of nitrogens with one attached hydrogen (secondary N) is 3. The van der Waals surface area contributed by atoms with Crippen molar-refractivity contribution in [2.24, 2.45) is 0 Å². The minimum Gasteiger partial charge on any atom is -0.478 e. The number of aromatic nitrogens is 1. The van der Waals surface area contributed by atoms with Crippen molar-refractivity contribution >= 4 is 51.7 Å². The van der Waals surface area contributed by atoms with Crippen LogP contribution in [0.2, 0.25) is 0 Å². The number of nitrogens with zero attached hydrogens (tertiary/aromatic N) is 2. The fraction of sp³-hybridized carbons (Fsp3) is 0.129. The number of likely N-dealkylation sites (tertiary alicyclic amines) is 1. The molecule has 10 nitrogen and oxygen atoms in total. The number of carbonyl (C=O) groups is 4. The number of benzene rings is 3. The first kappa shape index (κ1) is 26.9. The summed E-state index contributed by atoms with van der Waals surface area (Å²) in [5, 5.41) is 14.9. The van der Waals surface area contributed by atoms with Crippen molar-refractivity contribution in [1.29, 1.82) is 0 Å². The number of piperidine rings is 1. The number of H-pyrrole nitrogens is 1. The molecule has 1 aliphatic rings. The van der Waals surface area contributed by atoms with Gasteiger partial charge in [0.05, 0.1) is 28.9 Å². The number of para-hydroxylation sites is 1. The van der Waals surface area contributed by atoms with Crippen LogP contribution in [-0.2, 0) is 4.79 Å². The number of hydrogen-bond donors (Lipinski definition) is 4. The summed E-state index contributed by atoms with van der Waals surface area (Å²) in [6.07, 6.45) is 2.47. The maximum absolute atomic E-state index is 13.3. The third kappa shape index (κ3) is 5.69. The van der Waals surface area contributed by atoms with Crippen molar-refractivity contribution in [2.45, 2.75) is 12.8 Å². The zero-order valence-corrected chi connectivity index (χ0v) is 21.8. The Kier molecular flexibility index (Phi) is 7.60. The van der Waals surface area contributed by atoms with Crippen LogP contribution in [-0.4, -0.2) is 51.8 Å². The van der Waals surface area contributed by atoms with Crippen LogP contribution in [0, 0.1) is 6.57 Å². The second-order valence-electron chi connectivity index (χ2n) is 9.45. The zero-order chi connectivity index (χ0) is 28.9. The highest BCUT2D eigenvalue weighted by Crippen LogP contribution is 2.30. The van der Waals surface area contributed by atoms with Gasteiger partial charge in [0.25, 0.3) is 11.7 Å². The Balaban J connectivity index is 1.28. The molecule has 3 amide bonds. The van der Waals surface area contributed by atoms with Crippen LogP contribution in [0.4, 0.5) is 16.2 Å². The van der Waals surface area contributed by atoms with E-state index in [-0.39, 0.29) is 11.1 Å². The average molecular weight is 548 g/mol. The van der Waals surface area contributed by atoms with E-state index >= 15 is 0 Å². The number of carboxylic acids is 1. The summed E-state index contributed by atoms with van der Waals surface area (Å²) < 4.78 is 0. The number of ketones is 1. The molecule has 1 saturated heterocycles. The molecule has 1 aliphatic heterocycles. The number of rotatable bonds is 6. The Labute approximate surface area is 235 Å². The largest absolute Gasteiger partial charge is 0.478 e. The molecule has 10 heteroatoms. The fourth-order valence-electron chi connectivity index (χ4n) is 4.88. The summed E-state index contributed by atoms with van der Waals surface area (Å²) in [4.78, 5) is 58.4. The molecule has 0 unspecified atom stereocenters. The van der Waals surface area contributed by atoms with Gasteiger partial charge in [0, 0.05) is 30.4 Å². The van der Waals surface area contributed by atoms with Crippen LogP contribution in [0.1, 0.15) is 39.1 Å². The molecular weight excluding hydrogens is 522 g/mol. The van der Waals surface area contributed by atoms with Crippen molar-refractivity contribution in [2.75, 3.05) is 23.7 Å². The molecule has 0 spiro atoms.